The molecule has 0 radical (unpaired) electrons. The fraction of sp³-hybridized carbons (Fsp3) is 0.421. The lowest BCUT2D eigenvalue weighted by molar-refractivity contribution is -0.116. The second kappa shape index (κ2) is 9.33. The van der Waals surface area contributed by atoms with Crippen LogP contribution in [0.3, 0.4) is 0 Å². The van der Waals surface area contributed by atoms with Gasteiger partial charge in [-0.1, -0.05) is 23.9 Å². The first-order valence-electron chi connectivity index (χ1n) is 9.47. The third-order valence-corrected chi connectivity index (χ3v) is 5.71. The highest BCUT2D eigenvalue weighted by molar-refractivity contribution is 7.99. The van der Waals surface area contributed by atoms with E-state index in [0.29, 0.717) is 24.9 Å². The Labute approximate surface area is 175 Å². The maximum absolute atomic E-state index is 13.0. The fourth-order valence-corrected chi connectivity index (χ4v) is 4.02. The summed E-state index contributed by atoms with van der Waals surface area (Å²) in [7, 11) is 1.44. The molecule has 0 atom stereocenters. The maximum Gasteiger partial charge on any atom is 0.332 e. The van der Waals surface area contributed by atoms with Gasteiger partial charge >= 0.3 is 5.69 Å². The molecule has 1 aromatic heterocycles. The number of hydrogen-bond donors (Lipinski definition) is 2. The number of carbonyl (C=O) groups is 1. The second-order valence-corrected chi connectivity index (χ2v) is 7.97. The van der Waals surface area contributed by atoms with Gasteiger partial charge in [0.25, 0.3) is 11.3 Å². The molecule has 1 fully saturated rings. The number of piperidine rings is 1. The quantitative estimate of drug-likeness (QED) is 0.668. The van der Waals surface area contributed by atoms with Crippen LogP contribution in [0.4, 0.5) is 26.0 Å². The number of benzene rings is 1. The van der Waals surface area contributed by atoms with Crippen molar-refractivity contribution in [1.82, 2.24) is 9.13 Å². The number of halogens is 2. The largest absolute Gasteiger partial charge is 0.383 e. The minimum Gasteiger partial charge on any atom is -0.383 e. The Bertz CT molecular complexity index is 1050. The molecule has 2 aromatic rings. The van der Waals surface area contributed by atoms with Crippen molar-refractivity contribution in [3.63, 3.8) is 0 Å². The summed E-state index contributed by atoms with van der Waals surface area (Å²) in [6.45, 7) is 0.727. The summed E-state index contributed by atoms with van der Waals surface area (Å²) in [5, 5.41) is 2.51. The number of alkyl halides is 2. The van der Waals surface area contributed by atoms with E-state index in [2.05, 4.69) is 5.32 Å². The highest BCUT2D eigenvalue weighted by Gasteiger charge is 2.23. The molecule has 2 heterocycles. The molecule has 162 valence electrons. The maximum atomic E-state index is 13.0. The number of thioether (sulfide) groups is 1. The average Bonchev–Trinajstić information content (AvgIpc) is 2.72. The molecule has 1 aliphatic heterocycles. The molecule has 0 aliphatic carbocycles. The molecule has 11 heteroatoms. The van der Waals surface area contributed by atoms with Gasteiger partial charge in [0.15, 0.2) is 0 Å². The summed E-state index contributed by atoms with van der Waals surface area (Å²) in [6.07, 6.45) is 2.86. The number of para-hydroxylation sites is 1. The van der Waals surface area contributed by atoms with Crippen LogP contribution in [-0.4, -0.2) is 33.9 Å². The number of nitrogens with two attached hydrogens (primary N) is 1. The van der Waals surface area contributed by atoms with Crippen LogP contribution < -0.4 is 27.2 Å². The van der Waals surface area contributed by atoms with Gasteiger partial charge in [-0.15, -0.1) is 0 Å². The smallest absolute Gasteiger partial charge is 0.332 e. The van der Waals surface area contributed by atoms with Gasteiger partial charge in [-0.05, 0) is 31.4 Å². The van der Waals surface area contributed by atoms with Crippen molar-refractivity contribution in [2.45, 2.75) is 36.5 Å². The Balaban J connectivity index is 1.90. The molecule has 1 aliphatic rings. The number of nitrogens with zero attached hydrogens (tertiary/aromatic N) is 3. The summed E-state index contributed by atoms with van der Waals surface area (Å²) >= 11 is 0.300. The monoisotopic (exact) mass is 439 g/mol. The van der Waals surface area contributed by atoms with Gasteiger partial charge in [0.2, 0.25) is 5.91 Å². The van der Waals surface area contributed by atoms with Crippen molar-refractivity contribution in [2.75, 3.05) is 29.0 Å². The van der Waals surface area contributed by atoms with Crippen molar-refractivity contribution in [3.05, 3.63) is 45.1 Å². The Kier molecular flexibility index (Phi) is 6.80. The van der Waals surface area contributed by atoms with Gasteiger partial charge in [0, 0.05) is 25.0 Å². The van der Waals surface area contributed by atoms with Crippen LogP contribution in [0.5, 0.6) is 0 Å². The normalized spacial score (nSPS) is 14.2. The van der Waals surface area contributed by atoms with E-state index in [9.17, 15) is 23.2 Å². The standard InChI is InChI=1S/C19H23F2N5O3S/c1-24-16(22)15(25-9-5-2-6-10-25)17(28)26(19(24)29)11-14(27)23-12-7-3-4-8-13(12)30-18(20)21/h3-4,7-8,18H,2,5-6,9-11,22H2,1H3,(H,23,27). The van der Waals surface area contributed by atoms with Gasteiger partial charge in [-0.25, -0.2) is 9.36 Å². The van der Waals surface area contributed by atoms with E-state index < -0.39 is 29.5 Å². The van der Waals surface area contributed by atoms with Crippen LogP contribution in [-0.2, 0) is 18.4 Å². The first-order chi connectivity index (χ1) is 14.3. The Hall–Kier alpha value is -2.82. The second-order valence-electron chi connectivity index (χ2n) is 6.94. The van der Waals surface area contributed by atoms with Gasteiger partial charge < -0.3 is 16.0 Å². The summed E-state index contributed by atoms with van der Waals surface area (Å²) in [4.78, 5) is 40.2. The summed E-state index contributed by atoms with van der Waals surface area (Å²) in [5.74, 6) is -3.27. The molecule has 1 amide bonds. The van der Waals surface area contributed by atoms with Crippen LogP contribution >= 0.6 is 11.8 Å². The fourth-order valence-electron chi connectivity index (χ4n) is 3.42. The Morgan fingerprint density at radius 2 is 1.87 bits per heavy atom. The summed E-state index contributed by atoms with van der Waals surface area (Å²) in [5.41, 5.74) is 5.07. The van der Waals surface area contributed by atoms with Crippen molar-refractivity contribution in [1.29, 1.82) is 0 Å². The van der Waals surface area contributed by atoms with Gasteiger partial charge in [-0.3, -0.25) is 14.2 Å². The first-order valence-corrected chi connectivity index (χ1v) is 10.4. The number of hydrogen-bond acceptors (Lipinski definition) is 6. The number of amides is 1. The molecule has 30 heavy (non-hydrogen) atoms. The van der Waals surface area contributed by atoms with Gasteiger partial charge in [-0.2, -0.15) is 8.78 Å². The zero-order valence-corrected chi connectivity index (χ0v) is 17.3. The Morgan fingerprint density at radius 3 is 2.53 bits per heavy atom. The SMILES string of the molecule is Cn1c(N)c(N2CCCCC2)c(=O)n(CC(=O)Nc2ccccc2SC(F)F)c1=O. The van der Waals surface area contributed by atoms with Crippen molar-refractivity contribution in [2.24, 2.45) is 7.05 Å². The highest BCUT2D eigenvalue weighted by atomic mass is 32.2. The molecular formula is C19H23F2N5O3S. The predicted molar refractivity (Wildman–Crippen MR) is 113 cm³/mol. The predicted octanol–water partition coefficient (Wildman–Crippen LogP) is 2.07. The number of nitrogens with one attached hydrogen (secondary N) is 1. The number of nitrogen functional groups attached to an aromatic ring is 1. The van der Waals surface area contributed by atoms with Crippen LogP contribution in [0, 0.1) is 0 Å². The van der Waals surface area contributed by atoms with Crippen LogP contribution in [0.25, 0.3) is 0 Å². The molecule has 8 nitrogen and oxygen atoms in total. The van der Waals surface area contributed by atoms with Crippen molar-refractivity contribution in [3.8, 4) is 0 Å². The topological polar surface area (TPSA) is 102 Å². The lowest BCUT2D eigenvalue weighted by Gasteiger charge is -2.29. The molecule has 3 N–H and O–H groups in total. The Morgan fingerprint density at radius 1 is 1.20 bits per heavy atom. The van der Waals surface area contributed by atoms with E-state index in [4.69, 9.17) is 5.73 Å². The molecule has 0 unspecified atom stereocenters. The number of anilines is 3. The molecule has 0 saturated carbocycles. The van der Waals surface area contributed by atoms with Crippen LogP contribution in [0.15, 0.2) is 38.8 Å². The molecule has 0 spiro atoms. The molecule has 3 rings (SSSR count). The van der Waals surface area contributed by atoms with E-state index in [0.717, 1.165) is 28.4 Å². The number of aromatic nitrogens is 2. The minimum absolute atomic E-state index is 0.0576. The summed E-state index contributed by atoms with van der Waals surface area (Å²) in [6, 6.07) is 6.10. The van der Waals surface area contributed by atoms with Crippen LogP contribution in [0.2, 0.25) is 0 Å². The third-order valence-electron chi connectivity index (χ3n) is 4.92. The zero-order chi connectivity index (χ0) is 21.8. The van der Waals surface area contributed by atoms with E-state index >= 15 is 0 Å². The molecular weight excluding hydrogens is 416 g/mol. The minimum atomic E-state index is -2.65. The van der Waals surface area contributed by atoms with E-state index in [1.165, 1.54) is 19.2 Å². The molecule has 1 aromatic carbocycles. The molecule has 0 bridgehead atoms. The third kappa shape index (κ3) is 4.66. The van der Waals surface area contributed by atoms with Gasteiger partial charge in [0.05, 0.1) is 5.69 Å². The lowest BCUT2D eigenvalue weighted by Crippen LogP contribution is -2.46. The first kappa shape index (κ1) is 21.9. The van der Waals surface area contributed by atoms with E-state index in [1.807, 2.05) is 4.90 Å². The number of carbonyl (C=O) groups excluding carboxylic acids is 1. The highest BCUT2D eigenvalue weighted by Crippen LogP contribution is 2.31. The lowest BCUT2D eigenvalue weighted by atomic mass is 10.1. The van der Waals surface area contributed by atoms with E-state index in [-0.39, 0.29) is 22.1 Å². The van der Waals surface area contributed by atoms with Crippen molar-refractivity contribution < 1.29 is 13.6 Å². The van der Waals surface area contributed by atoms with Gasteiger partial charge in [0.1, 0.15) is 18.1 Å². The average molecular weight is 439 g/mol. The molecule has 1 saturated heterocycles. The zero-order valence-electron chi connectivity index (χ0n) is 16.4. The summed E-state index contributed by atoms with van der Waals surface area (Å²) < 4.78 is 27.4. The number of rotatable bonds is 6. The van der Waals surface area contributed by atoms with Crippen LogP contribution in [0.1, 0.15) is 19.3 Å². The van der Waals surface area contributed by atoms with E-state index in [1.54, 1.807) is 12.1 Å². The van der Waals surface area contributed by atoms with Crippen molar-refractivity contribution >= 4 is 34.9 Å².